The summed E-state index contributed by atoms with van der Waals surface area (Å²) < 4.78 is 9.20. The molecule has 0 heterocycles. The molecule has 5 heteroatoms. The predicted molar refractivity (Wildman–Crippen MR) is 66.4 cm³/mol. The standard InChI is InChI=1S/C13H15NO4/c1-17-13(16)11(14)9-18-12(15)8-7-10-5-3-2-4-6-10/h2-8,11H,9,14H2,1H3/t11-/m0/s1. The Bertz CT molecular complexity index is 428. The number of carbonyl (C=O) groups excluding carboxylic acids is 2. The van der Waals surface area contributed by atoms with Crippen molar-refractivity contribution in [3.63, 3.8) is 0 Å². The molecule has 0 aliphatic carbocycles. The van der Waals surface area contributed by atoms with Crippen molar-refractivity contribution in [3.8, 4) is 0 Å². The molecule has 0 amide bonds. The van der Waals surface area contributed by atoms with Gasteiger partial charge in [0.2, 0.25) is 0 Å². The lowest BCUT2D eigenvalue weighted by Gasteiger charge is -2.08. The van der Waals surface area contributed by atoms with Gasteiger partial charge in [-0.1, -0.05) is 30.3 Å². The van der Waals surface area contributed by atoms with E-state index in [0.29, 0.717) is 0 Å². The molecule has 0 fully saturated rings. The summed E-state index contributed by atoms with van der Waals surface area (Å²) in [6.45, 7) is -0.204. The summed E-state index contributed by atoms with van der Waals surface area (Å²) in [4.78, 5) is 22.3. The molecule has 0 bridgehead atoms. The number of carbonyl (C=O) groups is 2. The Morgan fingerprint density at radius 3 is 2.61 bits per heavy atom. The first-order valence-corrected chi connectivity index (χ1v) is 5.37. The van der Waals surface area contributed by atoms with Gasteiger partial charge in [-0.3, -0.25) is 4.79 Å². The van der Waals surface area contributed by atoms with E-state index in [1.807, 2.05) is 30.3 Å². The molecule has 0 aliphatic heterocycles. The van der Waals surface area contributed by atoms with Crippen LogP contribution >= 0.6 is 0 Å². The second-order valence-corrected chi connectivity index (χ2v) is 3.50. The Hall–Kier alpha value is -2.14. The minimum Gasteiger partial charge on any atom is -0.468 e. The molecule has 1 aromatic rings. The number of esters is 2. The van der Waals surface area contributed by atoms with Gasteiger partial charge in [-0.2, -0.15) is 0 Å². The largest absolute Gasteiger partial charge is 0.468 e. The highest BCUT2D eigenvalue weighted by molar-refractivity contribution is 5.87. The molecule has 1 aromatic carbocycles. The van der Waals surface area contributed by atoms with Crippen LogP contribution in [-0.2, 0) is 19.1 Å². The molecule has 0 radical (unpaired) electrons. The van der Waals surface area contributed by atoms with Gasteiger partial charge >= 0.3 is 11.9 Å². The van der Waals surface area contributed by atoms with E-state index in [9.17, 15) is 9.59 Å². The number of nitrogens with two attached hydrogens (primary N) is 1. The summed E-state index contributed by atoms with van der Waals surface area (Å²) in [6.07, 6.45) is 2.89. The lowest BCUT2D eigenvalue weighted by atomic mass is 10.2. The maximum absolute atomic E-state index is 11.3. The van der Waals surface area contributed by atoms with Crippen LogP contribution in [0.2, 0.25) is 0 Å². The van der Waals surface area contributed by atoms with Gasteiger partial charge in [0.05, 0.1) is 7.11 Å². The molecule has 0 saturated heterocycles. The fraction of sp³-hybridized carbons (Fsp3) is 0.231. The van der Waals surface area contributed by atoms with Crippen LogP contribution in [0.1, 0.15) is 5.56 Å². The Balaban J connectivity index is 2.38. The first-order chi connectivity index (χ1) is 8.63. The highest BCUT2D eigenvalue weighted by Crippen LogP contribution is 2.01. The monoisotopic (exact) mass is 249 g/mol. The van der Waals surface area contributed by atoms with Crippen LogP contribution in [0, 0.1) is 0 Å². The zero-order valence-corrected chi connectivity index (χ0v) is 10.0. The molecule has 0 aliphatic rings. The Morgan fingerprint density at radius 2 is 2.00 bits per heavy atom. The molecule has 96 valence electrons. The zero-order chi connectivity index (χ0) is 13.4. The third-order valence-electron chi connectivity index (χ3n) is 2.12. The van der Waals surface area contributed by atoms with Gasteiger partial charge in [0.1, 0.15) is 12.6 Å². The first kappa shape index (κ1) is 13.9. The molecule has 0 spiro atoms. The van der Waals surface area contributed by atoms with Crippen LogP contribution in [0.15, 0.2) is 36.4 Å². The molecule has 5 nitrogen and oxygen atoms in total. The maximum Gasteiger partial charge on any atom is 0.330 e. The fourth-order valence-corrected chi connectivity index (χ4v) is 1.17. The van der Waals surface area contributed by atoms with E-state index in [4.69, 9.17) is 10.5 Å². The summed E-state index contributed by atoms with van der Waals surface area (Å²) in [5, 5.41) is 0. The molecule has 0 unspecified atom stereocenters. The molecule has 1 atom stereocenters. The summed E-state index contributed by atoms with van der Waals surface area (Å²) in [6, 6.07) is 8.35. The van der Waals surface area contributed by atoms with Gasteiger partial charge < -0.3 is 15.2 Å². The lowest BCUT2D eigenvalue weighted by Crippen LogP contribution is -2.36. The van der Waals surface area contributed by atoms with E-state index >= 15 is 0 Å². The Kier molecular flexibility index (Phi) is 5.60. The smallest absolute Gasteiger partial charge is 0.330 e. The molecular weight excluding hydrogens is 234 g/mol. The normalized spacial score (nSPS) is 12.1. The van der Waals surface area contributed by atoms with Crippen LogP contribution in [0.25, 0.3) is 6.08 Å². The number of benzene rings is 1. The highest BCUT2D eigenvalue weighted by atomic mass is 16.5. The van der Waals surface area contributed by atoms with E-state index in [2.05, 4.69) is 4.74 Å². The number of hydrogen-bond donors (Lipinski definition) is 1. The molecule has 18 heavy (non-hydrogen) atoms. The van der Waals surface area contributed by atoms with Gasteiger partial charge in [-0.25, -0.2) is 4.79 Å². The van der Waals surface area contributed by atoms with Crippen LogP contribution in [0.3, 0.4) is 0 Å². The van der Waals surface area contributed by atoms with Crippen LogP contribution in [-0.4, -0.2) is 31.7 Å². The SMILES string of the molecule is COC(=O)[C@@H](N)COC(=O)C=Cc1ccccc1. The number of hydrogen-bond acceptors (Lipinski definition) is 5. The minimum absolute atomic E-state index is 0.204. The molecule has 2 N–H and O–H groups in total. The van der Waals surface area contributed by atoms with Crippen LogP contribution in [0.4, 0.5) is 0 Å². The van der Waals surface area contributed by atoms with Crippen molar-refractivity contribution in [2.24, 2.45) is 5.73 Å². The second kappa shape index (κ2) is 7.24. The zero-order valence-electron chi connectivity index (χ0n) is 10.0. The highest BCUT2D eigenvalue weighted by Gasteiger charge is 2.14. The maximum atomic E-state index is 11.3. The van der Waals surface area contributed by atoms with Crippen molar-refractivity contribution in [2.75, 3.05) is 13.7 Å². The second-order valence-electron chi connectivity index (χ2n) is 3.50. The van der Waals surface area contributed by atoms with Crippen LogP contribution in [0.5, 0.6) is 0 Å². The first-order valence-electron chi connectivity index (χ1n) is 5.37. The predicted octanol–water partition coefficient (Wildman–Crippen LogP) is 0.743. The fourth-order valence-electron chi connectivity index (χ4n) is 1.17. The van der Waals surface area contributed by atoms with Gasteiger partial charge in [0.25, 0.3) is 0 Å². The van der Waals surface area contributed by atoms with Crippen molar-refractivity contribution >= 4 is 18.0 Å². The van der Waals surface area contributed by atoms with Crippen molar-refractivity contribution < 1.29 is 19.1 Å². The molecular formula is C13H15NO4. The van der Waals surface area contributed by atoms with Gasteiger partial charge in [0, 0.05) is 6.08 Å². The van der Waals surface area contributed by atoms with E-state index in [0.717, 1.165) is 5.56 Å². The van der Waals surface area contributed by atoms with Gasteiger partial charge in [-0.05, 0) is 11.6 Å². The van der Waals surface area contributed by atoms with Crippen LogP contribution < -0.4 is 5.73 Å². The van der Waals surface area contributed by atoms with Crippen molar-refractivity contribution in [2.45, 2.75) is 6.04 Å². The van der Waals surface area contributed by atoms with E-state index in [-0.39, 0.29) is 6.61 Å². The average molecular weight is 249 g/mol. The summed E-state index contributed by atoms with van der Waals surface area (Å²) in [5.41, 5.74) is 6.29. The minimum atomic E-state index is -0.955. The summed E-state index contributed by atoms with van der Waals surface area (Å²) >= 11 is 0. The summed E-state index contributed by atoms with van der Waals surface area (Å²) in [7, 11) is 1.22. The number of methoxy groups -OCH3 is 1. The third kappa shape index (κ3) is 4.80. The average Bonchev–Trinajstić information content (AvgIpc) is 2.42. The molecule has 0 saturated carbocycles. The lowest BCUT2D eigenvalue weighted by molar-refractivity contribution is -0.146. The van der Waals surface area contributed by atoms with E-state index in [1.165, 1.54) is 13.2 Å². The number of rotatable bonds is 5. The Morgan fingerprint density at radius 1 is 1.33 bits per heavy atom. The quantitative estimate of drug-likeness (QED) is 0.615. The third-order valence-corrected chi connectivity index (χ3v) is 2.12. The summed E-state index contributed by atoms with van der Waals surface area (Å²) in [5.74, 6) is -1.17. The van der Waals surface area contributed by atoms with Crippen molar-refractivity contribution in [1.29, 1.82) is 0 Å². The molecule has 0 aromatic heterocycles. The number of ether oxygens (including phenoxy) is 2. The molecule has 1 rings (SSSR count). The van der Waals surface area contributed by atoms with Gasteiger partial charge in [0.15, 0.2) is 0 Å². The van der Waals surface area contributed by atoms with E-state index in [1.54, 1.807) is 6.08 Å². The van der Waals surface area contributed by atoms with Crippen molar-refractivity contribution in [3.05, 3.63) is 42.0 Å². The topological polar surface area (TPSA) is 78.6 Å². The van der Waals surface area contributed by atoms with Crippen molar-refractivity contribution in [1.82, 2.24) is 0 Å². The van der Waals surface area contributed by atoms with E-state index < -0.39 is 18.0 Å². The van der Waals surface area contributed by atoms with Gasteiger partial charge in [-0.15, -0.1) is 0 Å². The Labute approximate surface area is 105 Å².